The zero-order chi connectivity index (χ0) is 14.2. The third-order valence-electron chi connectivity index (χ3n) is 2.84. The molecule has 2 heterocycles. The summed E-state index contributed by atoms with van der Waals surface area (Å²) >= 11 is 1.04. The van der Waals surface area contributed by atoms with Crippen LogP contribution in [0.15, 0.2) is 16.3 Å². The van der Waals surface area contributed by atoms with E-state index >= 15 is 0 Å². The molecule has 0 saturated carbocycles. The van der Waals surface area contributed by atoms with Crippen LogP contribution in [0.5, 0.6) is 0 Å². The molecule has 0 spiro atoms. The molecule has 19 heavy (non-hydrogen) atoms. The normalized spacial score (nSPS) is 25.4. The van der Waals surface area contributed by atoms with Gasteiger partial charge >= 0.3 is 0 Å². The first-order chi connectivity index (χ1) is 8.80. The molecule has 106 valence electrons. The fourth-order valence-electron chi connectivity index (χ4n) is 2.06. The average molecular weight is 304 g/mol. The Morgan fingerprint density at radius 2 is 2.00 bits per heavy atom. The van der Waals surface area contributed by atoms with Crippen LogP contribution >= 0.6 is 11.3 Å². The molecule has 2 unspecified atom stereocenters. The number of ether oxygens (including phenoxy) is 1. The Morgan fingerprint density at radius 3 is 2.47 bits per heavy atom. The van der Waals surface area contributed by atoms with Crippen LogP contribution in [-0.2, 0) is 14.8 Å². The lowest BCUT2D eigenvalue weighted by Gasteiger charge is -2.34. The number of primary amides is 1. The zero-order valence-corrected chi connectivity index (χ0v) is 12.3. The fourth-order valence-corrected chi connectivity index (χ4v) is 4.76. The Labute approximate surface area is 116 Å². The Morgan fingerprint density at radius 1 is 1.42 bits per heavy atom. The van der Waals surface area contributed by atoms with Crippen molar-refractivity contribution in [1.82, 2.24) is 4.31 Å². The number of carbonyl (C=O) groups excluding carboxylic acids is 1. The average Bonchev–Trinajstić information content (AvgIpc) is 2.77. The van der Waals surface area contributed by atoms with Crippen molar-refractivity contribution in [1.29, 1.82) is 0 Å². The van der Waals surface area contributed by atoms with Gasteiger partial charge in [0.25, 0.3) is 5.91 Å². The standard InChI is InChI=1S/C11H16N2O4S2/c1-7-4-13(5-8(2)17-7)19(15,16)9-3-10(11(12)14)18-6-9/h3,6-8H,4-5H2,1-2H3,(H2,12,14). The maximum absolute atomic E-state index is 12.4. The molecule has 0 radical (unpaired) electrons. The van der Waals surface area contributed by atoms with E-state index in [0.717, 1.165) is 11.3 Å². The van der Waals surface area contributed by atoms with Crippen LogP contribution < -0.4 is 5.73 Å². The topological polar surface area (TPSA) is 89.7 Å². The predicted octanol–water partition coefficient (Wildman–Crippen LogP) is 0.645. The summed E-state index contributed by atoms with van der Waals surface area (Å²) in [6.45, 7) is 4.30. The van der Waals surface area contributed by atoms with E-state index in [1.807, 2.05) is 13.8 Å². The van der Waals surface area contributed by atoms with Crippen molar-refractivity contribution < 1.29 is 17.9 Å². The first kappa shape index (κ1) is 14.4. The van der Waals surface area contributed by atoms with Crippen LogP contribution in [0, 0.1) is 0 Å². The number of nitrogens with two attached hydrogens (primary N) is 1. The maximum atomic E-state index is 12.4. The van der Waals surface area contributed by atoms with Gasteiger partial charge in [0.15, 0.2) is 0 Å². The van der Waals surface area contributed by atoms with Gasteiger partial charge in [-0.15, -0.1) is 11.3 Å². The van der Waals surface area contributed by atoms with E-state index in [9.17, 15) is 13.2 Å². The number of amides is 1. The summed E-state index contributed by atoms with van der Waals surface area (Å²) in [6, 6.07) is 1.33. The van der Waals surface area contributed by atoms with E-state index in [1.54, 1.807) is 0 Å². The molecule has 0 bridgehead atoms. The molecular weight excluding hydrogens is 288 g/mol. The number of carbonyl (C=O) groups is 1. The number of morpholine rings is 1. The smallest absolute Gasteiger partial charge is 0.258 e. The van der Waals surface area contributed by atoms with E-state index in [2.05, 4.69) is 0 Å². The highest BCUT2D eigenvalue weighted by molar-refractivity contribution is 7.89. The molecule has 2 rings (SSSR count). The highest BCUT2D eigenvalue weighted by Gasteiger charge is 2.32. The van der Waals surface area contributed by atoms with Gasteiger partial charge in [0.05, 0.1) is 22.0 Å². The second kappa shape index (κ2) is 5.20. The van der Waals surface area contributed by atoms with Crippen molar-refractivity contribution in [3.63, 3.8) is 0 Å². The monoisotopic (exact) mass is 304 g/mol. The molecule has 1 aromatic rings. The summed E-state index contributed by atoms with van der Waals surface area (Å²) in [5, 5.41) is 1.44. The van der Waals surface area contributed by atoms with Crippen LogP contribution in [0.4, 0.5) is 0 Å². The van der Waals surface area contributed by atoms with Crippen molar-refractivity contribution >= 4 is 27.3 Å². The van der Waals surface area contributed by atoms with Gasteiger partial charge in [-0.2, -0.15) is 4.31 Å². The van der Waals surface area contributed by atoms with Crippen LogP contribution in [0.25, 0.3) is 0 Å². The lowest BCUT2D eigenvalue weighted by Crippen LogP contribution is -2.47. The Hall–Kier alpha value is -0.960. The molecular formula is C11H16N2O4S2. The summed E-state index contributed by atoms with van der Waals surface area (Å²) in [7, 11) is -3.58. The molecule has 1 saturated heterocycles. The zero-order valence-electron chi connectivity index (χ0n) is 10.7. The van der Waals surface area contributed by atoms with Gasteiger partial charge in [-0.25, -0.2) is 8.42 Å². The minimum Gasteiger partial charge on any atom is -0.373 e. The lowest BCUT2D eigenvalue weighted by atomic mass is 10.3. The Bertz CT molecular complexity index is 571. The first-order valence-corrected chi connectivity index (χ1v) is 8.16. The number of rotatable bonds is 3. The summed E-state index contributed by atoms with van der Waals surface area (Å²) in [5.74, 6) is -0.616. The van der Waals surface area contributed by atoms with Gasteiger partial charge in [-0.3, -0.25) is 4.79 Å². The van der Waals surface area contributed by atoms with Gasteiger partial charge in [0.2, 0.25) is 10.0 Å². The van der Waals surface area contributed by atoms with Crippen molar-refractivity contribution in [2.24, 2.45) is 5.73 Å². The third kappa shape index (κ3) is 2.97. The van der Waals surface area contributed by atoms with Crippen LogP contribution in [-0.4, -0.2) is 43.9 Å². The maximum Gasteiger partial charge on any atom is 0.258 e. The minimum absolute atomic E-state index is 0.118. The molecule has 1 amide bonds. The van der Waals surface area contributed by atoms with E-state index in [1.165, 1.54) is 15.8 Å². The van der Waals surface area contributed by atoms with Crippen LogP contribution in [0.1, 0.15) is 23.5 Å². The number of hydrogen-bond donors (Lipinski definition) is 1. The minimum atomic E-state index is -3.58. The first-order valence-electron chi connectivity index (χ1n) is 5.84. The third-order valence-corrected chi connectivity index (χ3v) is 5.75. The molecule has 8 heteroatoms. The predicted molar refractivity (Wildman–Crippen MR) is 71.6 cm³/mol. The van der Waals surface area contributed by atoms with Gasteiger partial charge in [-0.1, -0.05) is 0 Å². The molecule has 0 aromatic carbocycles. The SMILES string of the molecule is CC1CN(S(=O)(=O)c2csc(C(N)=O)c2)CC(C)O1. The van der Waals surface area contributed by atoms with Crippen LogP contribution in [0.2, 0.25) is 0 Å². The van der Waals surface area contributed by atoms with E-state index in [-0.39, 0.29) is 22.0 Å². The highest BCUT2D eigenvalue weighted by atomic mass is 32.2. The molecule has 2 atom stereocenters. The van der Waals surface area contributed by atoms with Crippen LogP contribution in [0.3, 0.4) is 0 Å². The fraction of sp³-hybridized carbons (Fsp3) is 0.545. The largest absolute Gasteiger partial charge is 0.373 e. The van der Waals surface area contributed by atoms with Gasteiger partial charge in [-0.05, 0) is 19.9 Å². The second-order valence-electron chi connectivity index (χ2n) is 4.59. The molecule has 1 fully saturated rings. The van der Waals surface area contributed by atoms with E-state index in [4.69, 9.17) is 10.5 Å². The molecule has 1 aliphatic heterocycles. The molecule has 0 aliphatic carbocycles. The van der Waals surface area contributed by atoms with Gasteiger partial charge in [0, 0.05) is 18.5 Å². The number of thiophene rings is 1. The number of hydrogen-bond acceptors (Lipinski definition) is 5. The second-order valence-corrected chi connectivity index (χ2v) is 7.44. The van der Waals surface area contributed by atoms with E-state index in [0.29, 0.717) is 13.1 Å². The Balaban J connectivity index is 2.28. The molecule has 1 aromatic heterocycles. The Kier molecular flexibility index (Phi) is 3.95. The van der Waals surface area contributed by atoms with Crippen molar-refractivity contribution in [2.45, 2.75) is 31.0 Å². The lowest BCUT2D eigenvalue weighted by molar-refractivity contribution is -0.0440. The van der Waals surface area contributed by atoms with Crippen molar-refractivity contribution in [2.75, 3.05) is 13.1 Å². The summed E-state index contributed by atoms with van der Waals surface area (Å²) in [5.41, 5.74) is 5.14. The highest BCUT2D eigenvalue weighted by Crippen LogP contribution is 2.25. The molecule has 6 nitrogen and oxygen atoms in total. The number of sulfonamides is 1. The molecule has 2 N–H and O–H groups in total. The van der Waals surface area contributed by atoms with Crippen molar-refractivity contribution in [3.05, 3.63) is 16.3 Å². The van der Waals surface area contributed by atoms with E-state index < -0.39 is 15.9 Å². The van der Waals surface area contributed by atoms with Gasteiger partial charge < -0.3 is 10.5 Å². The summed E-state index contributed by atoms with van der Waals surface area (Å²) in [6.07, 6.45) is -0.291. The quantitative estimate of drug-likeness (QED) is 0.887. The molecule has 1 aliphatic rings. The van der Waals surface area contributed by atoms with Crippen molar-refractivity contribution in [3.8, 4) is 0 Å². The summed E-state index contributed by atoms with van der Waals surface area (Å²) < 4.78 is 31.8. The number of nitrogens with zero attached hydrogens (tertiary/aromatic N) is 1. The van der Waals surface area contributed by atoms with Gasteiger partial charge in [0.1, 0.15) is 0 Å². The summed E-state index contributed by atoms with van der Waals surface area (Å²) in [4.78, 5) is 11.4.